The van der Waals surface area contributed by atoms with E-state index in [0.717, 1.165) is 51.4 Å². The smallest absolute Gasteiger partial charge is 0.361 e. The molecule has 0 saturated carbocycles. The first-order valence-electron chi connectivity index (χ1n) is 9.69. The maximum Gasteiger partial charge on any atom is 0.589 e. The number of carbonyl (C=O) groups is 2. The number of phosphoric acid groups is 1. The molecule has 0 aliphatic carbocycles. The molecule has 0 aliphatic rings. The van der Waals surface area contributed by atoms with Crippen molar-refractivity contribution in [1.29, 1.82) is 0 Å². The Kier molecular flexibility index (Phi) is 14.9. The summed E-state index contributed by atoms with van der Waals surface area (Å²) in [5, 5.41) is 0. The molecule has 7 heteroatoms. The predicted octanol–water partition coefficient (Wildman–Crippen LogP) is 5.67. The first-order valence-corrected chi connectivity index (χ1v) is 11.2. The molecule has 0 aromatic heterocycles. The molecule has 0 fully saturated rings. The molecular weight excluding hydrogens is 343 g/mol. The van der Waals surface area contributed by atoms with Crippen LogP contribution in [0.3, 0.4) is 0 Å². The van der Waals surface area contributed by atoms with Gasteiger partial charge in [-0.05, 0) is 12.8 Å². The zero-order valence-corrected chi connectivity index (χ0v) is 16.7. The Morgan fingerprint density at radius 3 is 1.36 bits per heavy atom. The molecule has 0 atom stereocenters. The zero-order chi connectivity index (χ0) is 19.0. The van der Waals surface area contributed by atoms with E-state index in [4.69, 9.17) is 0 Å². The molecule has 25 heavy (non-hydrogen) atoms. The first-order chi connectivity index (χ1) is 11.9. The quantitative estimate of drug-likeness (QED) is 0.275. The summed E-state index contributed by atoms with van der Waals surface area (Å²) >= 11 is 0. The Hall–Kier alpha value is -0.870. The zero-order valence-electron chi connectivity index (χ0n) is 15.8. The van der Waals surface area contributed by atoms with Gasteiger partial charge in [-0.2, -0.15) is 0 Å². The third-order valence-electron chi connectivity index (χ3n) is 3.90. The van der Waals surface area contributed by atoms with E-state index in [0.29, 0.717) is 12.8 Å². The molecule has 0 saturated heterocycles. The van der Waals surface area contributed by atoms with Crippen LogP contribution in [0.4, 0.5) is 0 Å². The van der Waals surface area contributed by atoms with Gasteiger partial charge in [0.25, 0.3) is 0 Å². The van der Waals surface area contributed by atoms with E-state index in [-0.39, 0.29) is 12.8 Å². The molecule has 0 rings (SSSR count). The van der Waals surface area contributed by atoms with E-state index in [1.54, 1.807) is 0 Å². The molecule has 0 amide bonds. The third kappa shape index (κ3) is 16.4. The van der Waals surface area contributed by atoms with Gasteiger partial charge in [0.1, 0.15) is 0 Å². The van der Waals surface area contributed by atoms with Crippen LogP contribution in [-0.2, 0) is 23.2 Å². The van der Waals surface area contributed by atoms with Crippen molar-refractivity contribution in [2.45, 2.75) is 104 Å². The molecule has 0 radical (unpaired) electrons. The number of rotatable bonds is 16. The van der Waals surface area contributed by atoms with Crippen LogP contribution in [0.25, 0.3) is 0 Å². The molecule has 0 bridgehead atoms. The van der Waals surface area contributed by atoms with Gasteiger partial charge in [-0.15, -0.1) is 0 Å². The molecule has 0 heterocycles. The van der Waals surface area contributed by atoms with E-state index in [9.17, 15) is 19.0 Å². The monoisotopic (exact) mass is 378 g/mol. The summed E-state index contributed by atoms with van der Waals surface area (Å²) < 4.78 is 20.5. The van der Waals surface area contributed by atoms with Crippen molar-refractivity contribution in [1.82, 2.24) is 0 Å². The summed E-state index contributed by atoms with van der Waals surface area (Å²) in [4.78, 5) is 32.6. The normalized spacial score (nSPS) is 11.3. The molecule has 0 spiro atoms. The van der Waals surface area contributed by atoms with Gasteiger partial charge in [0.15, 0.2) is 0 Å². The Labute approximate surface area is 152 Å². The minimum atomic E-state index is -4.64. The topological polar surface area (TPSA) is 89.9 Å². The summed E-state index contributed by atoms with van der Waals surface area (Å²) in [6.07, 6.45) is 12.1. The van der Waals surface area contributed by atoms with Crippen LogP contribution in [-0.4, -0.2) is 16.8 Å². The largest absolute Gasteiger partial charge is 0.589 e. The van der Waals surface area contributed by atoms with Gasteiger partial charge in [0.05, 0.1) is 0 Å². The lowest BCUT2D eigenvalue weighted by atomic mass is 10.1. The lowest BCUT2D eigenvalue weighted by Crippen LogP contribution is -2.08. The number of hydrogen-bond acceptors (Lipinski definition) is 5. The average Bonchev–Trinajstić information content (AvgIpc) is 2.53. The van der Waals surface area contributed by atoms with Gasteiger partial charge in [0, 0.05) is 12.8 Å². The summed E-state index contributed by atoms with van der Waals surface area (Å²) in [6.45, 7) is 4.26. The van der Waals surface area contributed by atoms with Gasteiger partial charge in [-0.25, -0.2) is 4.57 Å². The Balaban J connectivity index is 3.81. The van der Waals surface area contributed by atoms with E-state index < -0.39 is 19.8 Å². The summed E-state index contributed by atoms with van der Waals surface area (Å²) in [5.74, 6) is -1.60. The third-order valence-corrected chi connectivity index (χ3v) is 4.77. The van der Waals surface area contributed by atoms with Crippen LogP contribution >= 0.6 is 7.82 Å². The lowest BCUT2D eigenvalue weighted by Gasteiger charge is -2.11. The van der Waals surface area contributed by atoms with Crippen LogP contribution < -0.4 is 0 Å². The van der Waals surface area contributed by atoms with Crippen molar-refractivity contribution in [3.63, 3.8) is 0 Å². The summed E-state index contributed by atoms with van der Waals surface area (Å²) in [5.41, 5.74) is 0. The SMILES string of the molecule is CCCCCCCCC(=O)OP(=O)(O)OC(=O)CCCCCCCC. The second kappa shape index (κ2) is 15.4. The number of phosphoric ester groups is 1. The van der Waals surface area contributed by atoms with Crippen LogP contribution in [0.1, 0.15) is 104 Å². The maximum absolute atomic E-state index is 11.7. The van der Waals surface area contributed by atoms with E-state index in [2.05, 4.69) is 22.9 Å². The van der Waals surface area contributed by atoms with Crippen LogP contribution in [0, 0.1) is 0 Å². The Bertz CT molecular complexity index is 376. The fourth-order valence-corrected chi connectivity index (χ4v) is 3.20. The summed E-state index contributed by atoms with van der Waals surface area (Å²) in [6, 6.07) is 0. The molecule has 0 aromatic carbocycles. The van der Waals surface area contributed by atoms with Crippen molar-refractivity contribution in [3.05, 3.63) is 0 Å². The molecule has 6 nitrogen and oxygen atoms in total. The standard InChI is InChI=1S/C18H35O6P/c1-3-5-7-9-11-13-15-17(19)23-25(21,22)24-18(20)16-14-12-10-8-6-4-2/h3-16H2,1-2H3,(H,21,22). The Morgan fingerprint density at radius 1 is 0.680 bits per heavy atom. The van der Waals surface area contributed by atoms with Gasteiger partial charge >= 0.3 is 19.8 Å². The number of carbonyl (C=O) groups excluding carboxylic acids is 2. The average molecular weight is 378 g/mol. The molecule has 148 valence electrons. The van der Waals surface area contributed by atoms with Crippen molar-refractivity contribution in [2.24, 2.45) is 0 Å². The van der Waals surface area contributed by atoms with Crippen molar-refractivity contribution >= 4 is 19.8 Å². The first kappa shape index (κ1) is 24.1. The van der Waals surface area contributed by atoms with Gasteiger partial charge in [-0.3, -0.25) is 14.5 Å². The highest BCUT2D eigenvalue weighted by Crippen LogP contribution is 2.44. The van der Waals surface area contributed by atoms with Crippen LogP contribution in [0.2, 0.25) is 0 Å². The Morgan fingerprint density at radius 2 is 1.00 bits per heavy atom. The minimum Gasteiger partial charge on any atom is -0.361 e. The highest BCUT2D eigenvalue weighted by atomic mass is 31.2. The number of unbranched alkanes of at least 4 members (excludes halogenated alkanes) is 10. The minimum absolute atomic E-state index is 0.0612. The molecule has 0 aliphatic heterocycles. The second-order valence-electron chi connectivity index (χ2n) is 6.43. The van der Waals surface area contributed by atoms with Crippen LogP contribution in [0.5, 0.6) is 0 Å². The lowest BCUT2D eigenvalue weighted by molar-refractivity contribution is -0.140. The molecule has 0 unspecified atom stereocenters. The highest BCUT2D eigenvalue weighted by Gasteiger charge is 2.30. The molecular formula is C18H35O6P. The predicted molar refractivity (Wildman–Crippen MR) is 98.0 cm³/mol. The fourth-order valence-electron chi connectivity index (χ4n) is 2.47. The highest BCUT2D eigenvalue weighted by molar-refractivity contribution is 7.48. The van der Waals surface area contributed by atoms with Gasteiger partial charge < -0.3 is 9.05 Å². The fraction of sp³-hybridized carbons (Fsp3) is 0.889. The van der Waals surface area contributed by atoms with Crippen molar-refractivity contribution < 1.29 is 28.1 Å². The van der Waals surface area contributed by atoms with E-state index >= 15 is 0 Å². The summed E-state index contributed by atoms with van der Waals surface area (Å²) in [7, 11) is -4.64. The maximum atomic E-state index is 11.7. The van der Waals surface area contributed by atoms with Crippen molar-refractivity contribution in [3.8, 4) is 0 Å². The van der Waals surface area contributed by atoms with E-state index in [1.165, 1.54) is 12.8 Å². The number of hydrogen-bond donors (Lipinski definition) is 1. The van der Waals surface area contributed by atoms with Gasteiger partial charge in [-0.1, -0.05) is 78.1 Å². The van der Waals surface area contributed by atoms with Gasteiger partial charge in [0.2, 0.25) is 0 Å². The second-order valence-corrected chi connectivity index (χ2v) is 7.73. The molecule has 1 N–H and O–H groups in total. The van der Waals surface area contributed by atoms with Crippen molar-refractivity contribution in [2.75, 3.05) is 0 Å². The van der Waals surface area contributed by atoms with E-state index in [1.807, 2.05) is 0 Å². The van der Waals surface area contributed by atoms with Crippen LogP contribution in [0.15, 0.2) is 0 Å². The molecule has 0 aromatic rings.